The summed E-state index contributed by atoms with van der Waals surface area (Å²) in [6, 6.07) is 9.24. The van der Waals surface area contributed by atoms with Crippen LogP contribution in [0.2, 0.25) is 0 Å². The van der Waals surface area contributed by atoms with Crippen molar-refractivity contribution in [3.8, 4) is 0 Å². The molecular formula is C30H48. The Morgan fingerprint density at radius 2 is 0.967 bits per heavy atom. The summed E-state index contributed by atoms with van der Waals surface area (Å²) >= 11 is 0. The van der Waals surface area contributed by atoms with Crippen LogP contribution in [0.15, 0.2) is 24.3 Å². The summed E-state index contributed by atoms with van der Waals surface area (Å²) in [6.45, 7) is 4.56. The van der Waals surface area contributed by atoms with Crippen LogP contribution in [-0.2, 0) is 6.42 Å². The van der Waals surface area contributed by atoms with Gasteiger partial charge >= 0.3 is 0 Å². The van der Waals surface area contributed by atoms with Crippen molar-refractivity contribution < 1.29 is 0 Å². The Bertz CT molecular complexity index is 589. The fourth-order valence-corrected chi connectivity index (χ4v) is 7.52. The molecule has 0 bridgehead atoms. The third kappa shape index (κ3) is 6.14. The molecule has 0 aliphatic heterocycles. The zero-order valence-corrected chi connectivity index (χ0v) is 20.1. The summed E-state index contributed by atoms with van der Waals surface area (Å²) in [5.74, 6) is 6.41. The molecule has 0 spiro atoms. The highest BCUT2D eigenvalue weighted by molar-refractivity contribution is 5.21. The fraction of sp³-hybridized carbons (Fsp3) is 0.800. The van der Waals surface area contributed by atoms with E-state index in [1.165, 1.54) is 56.9 Å². The Balaban J connectivity index is 1.13. The largest absolute Gasteiger partial charge is 0.0654 e. The van der Waals surface area contributed by atoms with Gasteiger partial charge in [-0.05, 0) is 112 Å². The van der Waals surface area contributed by atoms with Crippen LogP contribution in [0.4, 0.5) is 0 Å². The second-order valence-corrected chi connectivity index (χ2v) is 11.5. The highest BCUT2D eigenvalue weighted by Crippen LogP contribution is 2.46. The molecule has 0 amide bonds. The number of aryl methyl sites for hydroxylation is 2. The highest BCUT2D eigenvalue weighted by Gasteiger charge is 2.34. The van der Waals surface area contributed by atoms with E-state index in [0.717, 1.165) is 35.5 Å². The molecule has 4 rings (SSSR count). The first-order chi connectivity index (χ1) is 14.7. The van der Waals surface area contributed by atoms with Crippen molar-refractivity contribution in [3.05, 3.63) is 35.4 Å². The van der Waals surface area contributed by atoms with Gasteiger partial charge in [-0.3, -0.25) is 0 Å². The Kier molecular flexibility index (Phi) is 8.36. The molecule has 0 unspecified atom stereocenters. The molecule has 1 aromatic carbocycles. The summed E-state index contributed by atoms with van der Waals surface area (Å²) in [5.41, 5.74) is 2.93. The van der Waals surface area contributed by atoms with Crippen LogP contribution in [0.5, 0.6) is 0 Å². The number of hydrogen-bond donors (Lipinski definition) is 0. The molecular weight excluding hydrogens is 360 g/mol. The molecule has 0 saturated heterocycles. The Morgan fingerprint density at radius 1 is 0.567 bits per heavy atom. The van der Waals surface area contributed by atoms with E-state index in [-0.39, 0.29) is 0 Å². The molecule has 3 aliphatic carbocycles. The van der Waals surface area contributed by atoms with Crippen LogP contribution in [0.1, 0.15) is 114 Å². The van der Waals surface area contributed by atoms with Gasteiger partial charge in [0.05, 0.1) is 0 Å². The molecule has 3 aliphatic rings. The Labute approximate surface area is 187 Å². The lowest BCUT2D eigenvalue weighted by molar-refractivity contribution is 0.102. The van der Waals surface area contributed by atoms with Gasteiger partial charge in [0.1, 0.15) is 0 Å². The van der Waals surface area contributed by atoms with Crippen LogP contribution < -0.4 is 0 Å². The van der Waals surface area contributed by atoms with Gasteiger partial charge in [-0.2, -0.15) is 0 Å². The number of benzene rings is 1. The minimum Gasteiger partial charge on any atom is -0.0654 e. The van der Waals surface area contributed by atoms with Crippen LogP contribution in [0.3, 0.4) is 0 Å². The minimum absolute atomic E-state index is 0.997. The SMILES string of the molecule is CCCC1CCC(C2CCC(C3CCC(CCc4ccc(C)cc4)CC3)CC2)CC1. The maximum absolute atomic E-state index is 2.37. The van der Waals surface area contributed by atoms with Gasteiger partial charge < -0.3 is 0 Å². The van der Waals surface area contributed by atoms with Crippen LogP contribution >= 0.6 is 0 Å². The lowest BCUT2D eigenvalue weighted by Gasteiger charge is -2.41. The summed E-state index contributed by atoms with van der Waals surface area (Å²) in [7, 11) is 0. The smallest absolute Gasteiger partial charge is 0.0276 e. The fourth-order valence-electron chi connectivity index (χ4n) is 7.52. The van der Waals surface area contributed by atoms with Crippen LogP contribution in [0, 0.1) is 42.4 Å². The lowest BCUT2D eigenvalue weighted by atomic mass is 9.64. The molecule has 30 heavy (non-hydrogen) atoms. The first-order valence-electron chi connectivity index (χ1n) is 13.8. The summed E-state index contributed by atoms with van der Waals surface area (Å²) in [4.78, 5) is 0. The van der Waals surface area contributed by atoms with Crippen LogP contribution in [0.25, 0.3) is 0 Å². The van der Waals surface area contributed by atoms with Gasteiger partial charge in [-0.25, -0.2) is 0 Å². The number of rotatable bonds is 7. The quantitative estimate of drug-likeness (QED) is 0.422. The van der Waals surface area contributed by atoms with E-state index >= 15 is 0 Å². The minimum atomic E-state index is 0.997. The van der Waals surface area contributed by atoms with Crippen LogP contribution in [-0.4, -0.2) is 0 Å². The predicted octanol–water partition coefficient (Wildman–Crippen LogP) is 9.15. The zero-order chi connectivity index (χ0) is 20.8. The van der Waals surface area contributed by atoms with E-state index in [9.17, 15) is 0 Å². The van der Waals surface area contributed by atoms with Crippen molar-refractivity contribution in [3.63, 3.8) is 0 Å². The van der Waals surface area contributed by atoms with Crippen molar-refractivity contribution in [1.29, 1.82) is 0 Å². The van der Waals surface area contributed by atoms with Gasteiger partial charge in [0.25, 0.3) is 0 Å². The third-order valence-electron chi connectivity index (χ3n) is 9.59. The van der Waals surface area contributed by atoms with E-state index in [2.05, 4.69) is 38.1 Å². The topological polar surface area (TPSA) is 0 Å². The second-order valence-electron chi connectivity index (χ2n) is 11.5. The highest BCUT2D eigenvalue weighted by atomic mass is 14.4. The normalized spacial score (nSPS) is 35.3. The molecule has 0 N–H and O–H groups in total. The van der Waals surface area contributed by atoms with Crippen molar-refractivity contribution in [2.24, 2.45) is 35.5 Å². The first-order valence-corrected chi connectivity index (χ1v) is 13.8. The molecule has 0 heterocycles. The standard InChI is InChI=1S/C30H48/c1-3-4-24-11-15-27(16-12-24)29-19-21-30(22-20-29)28-17-13-26(14-18-28)10-9-25-7-5-23(2)6-8-25/h5-8,24,26-30H,3-4,9-22H2,1-2H3. The maximum atomic E-state index is 2.37. The molecule has 1 aromatic rings. The maximum Gasteiger partial charge on any atom is -0.0276 e. The summed E-state index contributed by atoms with van der Waals surface area (Å²) in [5, 5.41) is 0. The van der Waals surface area contributed by atoms with Gasteiger partial charge in [-0.1, -0.05) is 75.3 Å². The molecule has 0 atom stereocenters. The molecule has 0 nitrogen and oxygen atoms in total. The van der Waals surface area contributed by atoms with Gasteiger partial charge in [-0.15, -0.1) is 0 Å². The molecule has 0 aromatic heterocycles. The molecule has 3 fully saturated rings. The van der Waals surface area contributed by atoms with Gasteiger partial charge in [0, 0.05) is 0 Å². The average Bonchev–Trinajstić information content (AvgIpc) is 2.80. The first kappa shape index (κ1) is 22.4. The monoisotopic (exact) mass is 408 g/mol. The molecule has 0 radical (unpaired) electrons. The zero-order valence-electron chi connectivity index (χ0n) is 20.1. The van der Waals surface area contributed by atoms with Crippen molar-refractivity contribution >= 4 is 0 Å². The lowest BCUT2D eigenvalue weighted by Crippen LogP contribution is -2.29. The van der Waals surface area contributed by atoms with Crippen molar-refractivity contribution in [2.45, 2.75) is 117 Å². The number of hydrogen-bond acceptors (Lipinski definition) is 0. The summed E-state index contributed by atoms with van der Waals surface area (Å²) < 4.78 is 0. The van der Waals surface area contributed by atoms with Crippen molar-refractivity contribution in [2.75, 3.05) is 0 Å². The Morgan fingerprint density at radius 3 is 1.40 bits per heavy atom. The Hall–Kier alpha value is -0.780. The van der Waals surface area contributed by atoms with E-state index in [1.807, 2.05) is 0 Å². The summed E-state index contributed by atoms with van der Waals surface area (Å²) in [6.07, 6.45) is 24.2. The molecule has 168 valence electrons. The second kappa shape index (κ2) is 11.2. The molecule has 3 saturated carbocycles. The van der Waals surface area contributed by atoms with E-state index < -0.39 is 0 Å². The predicted molar refractivity (Wildman–Crippen MR) is 131 cm³/mol. The van der Waals surface area contributed by atoms with Gasteiger partial charge in [0.15, 0.2) is 0 Å². The van der Waals surface area contributed by atoms with E-state index in [4.69, 9.17) is 0 Å². The average molecular weight is 409 g/mol. The van der Waals surface area contributed by atoms with E-state index in [0.29, 0.717) is 0 Å². The van der Waals surface area contributed by atoms with E-state index in [1.54, 1.807) is 56.9 Å². The van der Waals surface area contributed by atoms with Crippen molar-refractivity contribution in [1.82, 2.24) is 0 Å². The third-order valence-corrected chi connectivity index (χ3v) is 9.59. The molecule has 0 heteroatoms. The van der Waals surface area contributed by atoms with Gasteiger partial charge in [0.2, 0.25) is 0 Å².